The van der Waals surface area contributed by atoms with Gasteiger partial charge in [0.15, 0.2) is 0 Å². The average Bonchev–Trinajstić information content (AvgIpc) is 2.53. The fourth-order valence-electron chi connectivity index (χ4n) is 1.63. The molecule has 2 rings (SSSR count). The van der Waals surface area contributed by atoms with Gasteiger partial charge >= 0.3 is 0 Å². The zero-order valence-electron chi connectivity index (χ0n) is 8.46. The smallest absolute Gasteiger partial charge is 0.261 e. The second-order valence-corrected chi connectivity index (χ2v) is 3.44. The molecule has 0 saturated carbocycles. The number of imide groups is 1. The molecule has 4 nitrogen and oxygen atoms in total. The van der Waals surface area contributed by atoms with E-state index in [0.29, 0.717) is 11.1 Å². The van der Waals surface area contributed by atoms with Gasteiger partial charge in [0.1, 0.15) is 0 Å². The van der Waals surface area contributed by atoms with Gasteiger partial charge in [0.05, 0.1) is 11.1 Å². The first-order valence-corrected chi connectivity index (χ1v) is 4.96. The second-order valence-electron chi connectivity index (χ2n) is 3.44. The summed E-state index contributed by atoms with van der Waals surface area (Å²) < 4.78 is 0. The number of benzene rings is 1. The number of anilines is 1. The molecular formula is C11H12N2O2. The number of hydrogen-bond acceptors (Lipinski definition) is 3. The van der Waals surface area contributed by atoms with E-state index in [2.05, 4.69) is 10.6 Å². The maximum absolute atomic E-state index is 11.5. The number of hydrogen-bond donors (Lipinski definition) is 2. The van der Waals surface area contributed by atoms with Gasteiger partial charge in [0, 0.05) is 12.2 Å². The zero-order valence-corrected chi connectivity index (χ0v) is 8.46. The number of carbonyl (C=O) groups excluding carboxylic acids is 2. The van der Waals surface area contributed by atoms with Crippen molar-refractivity contribution >= 4 is 17.5 Å². The Labute approximate surface area is 87.7 Å². The van der Waals surface area contributed by atoms with Crippen molar-refractivity contribution < 1.29 is 9.59 Å². The topological polar surface area (TPSA) is 58.2 Å². The lowest BCUT2D eigenvalue weighted by molar-refractivity contribution is 0.0880. The molecule has 1 aromatic rings. The third-order valence-corrected chi connectivity index (χ3v) is 2.33. The predicted octanol–water partition coefficient (Wildman–Crippen LogP) is 1.39. The van der Waals surface area contributed by atoms with Crippen LogP contribution in [0.5, 0.6) is 0 Å². The Morgan fingerprint density at radius 3 is 2.80 bits per heavy atom. The molecule has 1 aliphatic rings. The number of fused-ring (bicyclic) bond motifs is 1. The summed E-state index contributed by atoms with van der Waals surface area (Å²) in [6, 6.07) is 5.24. The summed E-state index contributed by atoms with van der Waals surface area (Å²) in [6.07, 6.45) is 0.971. The molecule has 2 N–H and O–H groups in total. The van der Waals surface area contributed by atoms with Gasteiger partial charge in [-0.05, 0) is 18.6 Å². The van der Waals surface area contributed by atoms with E-state index in [1.54, 1.807) is 12.1 Å². The van der Waals surface area contributed by atoms with Crippen molar-refractivity contribution in [1.29, 1.82) is 0 Å². The maximum Gasteiger partial charge on any atom is 0.261 e. The summed E-state index contributed by atoms with van der Waals surface area (Å²) in [5, 5.41) is 5.41. The molecule has 0 bridgehead atoms. The summed E-state index contributed by atoms with van der Waals surface area (Å²) in [4.78, 5) is 22.8. The van der Waals surface area contributed by atoms with Crippen molar-refractivity contribution in [3.8, 4) is 0 Å². The van der Waals surface area contributed by atoms with Crippen LogP contribution in [0.15, 0.2) is 18.2 Å². The van der Waals surface area contributed by atoms with Gasteiger partial charge in [-0.3, -0.25) is 14.9 Å². The van der Waals surface area contributed by atoms with Crippen molar-refractivity contribution in [3.05, 3.63) is 29.3 Å². The molecule has 0 atom stereocenters. The highest BCUT2D eigenvalue weighted by Gasteiger charge is 2.28. The summed E-state index contributed by atoms with van der Waals surface area (Å²) in [7, 11) is 0. The van der Waals surface area contributed by atoms with Crippen molar-refractivity contribution in [1.82, 2.24) is 5.32 Å². The highest BCUT2D eigenvalue weighted by Crippen LogP contribution is 2.23. The van der Waals surface area contributed by atoms with E-state index < -0.39 is 0 Å². The number of rotatable bonds is 3. The standard InChI is InChI=1S/C11H12N2O2/c1-2-6-12-8-5-3-4-7-9(8)11(15)13-10(7)14/h3-5,12H,2,6H2,1H3,(H,13,14,15). The highest BCUT2D eigenvalue weighted by molar-refractivity contribution is 6.23. The minimum Gasteiger partial charge on any atom is -0.384 e. The fourth-order valence-corrected chi connectivity index (χ4v) is 1.63. The van der Waals surface area contributed by atoms with Gasteiger partial charge in [0.2, 0.25) is 0 Å². The zero-order chi connectivity index (χ0) is 10.8. The lowest BCUT2D eigenvalue weighted by atomic mass is 10.1. The molecule has 0 radical (unpaired) electrons. The van der Waals surface area contributed by atoms with Gasteiger partial charge in [-0.25, -0.2) is 0 Å². The fraction of sp³-hybridized carbons (Fsp3) is 0.273. The monoisotopic (exact) mass is 204 g/mol. The Bertz CT molecular complexity index is 427. The van der Waals surface area contributed by atoms with Crippen LogP contribution in [-0.4, -0.2) is 18.4 Å². The van der Waals surface area contributed by atoms with Crippen LogP contribution in [0.25, 0.3) is 0 Å². The first-order chi connectivity index (χ1) is 7.24. The summed E-state index contributed by atoms with van der Waals surface area (Å²) in [5.41, 5.74) is 1.66. The van der Waals surface area contributed by atoms with Crippen LogP contribution in [0.2, 0.25) is 0 Å². The molecule has 4 heteroatoms. The molecule has 0 aromatic heterocycles. The van der Waals surface area contributed by atoms with Gasteiger partial charge in [-0.2, -0.15) is 0 Å². The van der Waals surface area contributed by atoms with Crippen LogP contribution < -0.4 is 10.6 Å². The number of carbonyl (C=O) groups is 2. The lowest BCUT2D eigenvalue weighted by Crippen LogP contribution is -2.20. The van der Waals surface area contributed by atoms with Crippen LogP contribution in [0.4, 0.5) is 5.69 Å². The van der Waals surface area contributed by atoms with Crippen molar-refractivity contribution in [2.45, 2.75) is 13.3 Å². The first kappa shape index (κ1) is 9.71. The molecule has 1 heterocycles. The Hall–Kier alpha value is -1.84. The largest absolute Gasteiger partial charge is 0.384 e. The Morgan fingerprint density at radius 1 is 1.27 bits per heavy atom. The molecule has 2 amide bonds. The maximum atomic E-state index is 11.5. The minimum absolute atomic E-state index is 0.310. The molecule has 0 fully saturated rings. The van der Waals surface area contributed by atoms with E-state index in [4.69, 9.17) is 0 Å². The minimum atomic E-state index is -0.311. The molecule has 1 aliphatic heterocycles. The summed E-state index contributed by atoms with van der Waals surface area (Å²) >= 11 is 0. The molecule has 0 saturated heterocycles. The van der Waals surface area contributed by atoms with E-state index in [9.17, 15) is 9.59 Å². The Kier molecular flexibility index (Phi) is 2.41. The summed E-state index contributed by atoms with van der Waals surface area (Å²) in [5.74, 6) is -0.621. The predicted molar refractivity (Wildman–Crippen MR) is 57.0 cm³/mol. The molecule has 15 heavy (non-hydrogen) atoms. The molecule has 1 aromatic carbocycles. The molecular weight excluding hydrogens is 192 g/mol. The number of amides is 2. The lowest BCUT2D eigenvalue weighted by Gasteiger charge is -2.07. The van der Waals surface area contributed by atoms with Crippen molar-refractivity contribution in [3.63, 3.8) is 0 Å². The van der Waals surface area contributed by atoms with Gasteiger partial charge in [0.25, 0.3) is 11.8 Å². The van der Waals surface area contributed by atoms with Crippen molar-refractivity contribution in [2.24, 2.45) is 0 Å². The van der Waals surface area contributed by atoms with Gasteiger partial charge in [-0.15, -0.1) is 0 Å². The normalized spacial score (nSPS) is 13.7. The van der Waals surface area contributed by atoms with Crippen LogP contribution in [-0.2, 0) is 0 Å². The first-order valence-electron chi connectivity index (χ1n) is 4.96. The Balaban J connectivity index is 2.41. The molecule has 0 aliphatic carbocycles. The van der Waals surface area contributed by atoms with E-state index in [1.165, 1.54) is 0 Å². The van der Waals surface area contributed by atoms with Gasteiger partial charge < -0.3 is 5.32 Å². The van der Waals surface area contributed by atoms with E-state index in [0.717, 1.165) is 18.7 Å². The average molecular weight is 204 g/mol. The highest BCUT2D eigenvalue weighted by atomic mass is 16.2. The quantitative estimate of drug-likeness (QED) is 0.731. The van der Waals surface area contributed by atoms with Crippen LogP contribution >= 0.6 is 0 Å². The number of nitrogens with one attached hydrogen (secondary N) is 2. The molecule has 0 unspecified atom stereocenters. The summed E-state index contributed by atoms with van der Waals surface area (Å²) in [6.45, 7) is 2.83. The van der Waals surface area contributed by atoms with Gasteiger partial charge in [-0.1, -0.05) is 13.0 Å². The third kappa shape index (κ3) is 1.58. The molecule has 78 valence electrons. The second kappa shape index (κ2) is 3.73. The third-order valence-electron chi connectivity index (χ3n) is 2.33. The molecule has 0 spiro atoms. The van der Waals surface area contributed by atoms with Crippen LogP contribution in [0, 0.1) is 0 Å². The van der Waals surface area contributed by atoms with E-state index in [1.807, 2.05) is 13.0 Å². The Morgan fingerprint density at radius 2 is 2.07 bits per heavy atom. The van der Waals surface area contributed by atoms with E-state index in [-0.39, 0.29) is 11.8 Å². The SMILES string of the molecule is CCCNc1cccc2c1C(=O)NC2=O. The van der Waals surface area contributed by atoms with Crippen LogP contribution in [0.1, 0.15) is 34.1 Å². The van der Waals surface area contributed by atoms with Crippen LogP contribution in [0.3, 0.4) is 0 Å². The van der Waals surface area contributed by atoms with Crippen molar-refractivity contribution in [2.75, 3.05) is 11.9 Å². The van der Waals surface area contributed by atoms with E-state index >= 15 is 0 Å².